The number of ether oxygens (including phenoxy) is 1. The highest BCUT2D eigenvalue weighted by Crippen LogP contribution is 2.32. The number of alkyl halides is 3. The summed E-state index contributed by atoms with van der Waals surface area (Å²) in [4.78, 5) is 0. The summed E-state index contributed by atoms with van der Waals surface area (Å²) in [5.74, 6) is 1.02. The fourth-order valence-corrected chi connectivity index (χ4v) is 4.75. The Bertz CT molecular complexity index is 1560. The molecule has 1 aromatic heterocycles. The third-order valence-electron chi connectivity index (χ3n) is 6.77. The van der Waals surface area contributed by atoms with Crippen molar-refractivity contribution < 1.29 is 23.0 Å². The Morgan fingerprint density at radius 1 is 0.800 bits per heavy atom. The molecule has 208 valence electrons. The molecule has 0 unspecified atom stereocenters. The summed E-state index contributed by atoms with van der Waals surface area (Å²) in [5.41, 5.74) is 10.8. The maximum Gasteiger partial charge on any atom is 0.416 e. The normalized spacial score (nSPS) is 11.4. The van der Waals surface area contributed by atoms with Crippen LogP contribution in [0.4, 0.5) is 13.2 Å². The number of halogens is 4. The van der Waals surface area contributed by atoms with E-state index in [0.29, 0.717) is 25.3 Å². The third-order valence-corrected chi connectivity index (χ3v) is 6.77. The predicted molar refractivity (Wildman–Crippen MR) is 155 cm³/mol. The van der Waals surface area contributed by atoms with Gasteiger partial charge in [0.1, 0.15) is 11.5 Å². The predicted octanol–water partition coefficient (Wildman–Crippen LogP) is 7.63. The second-order valence-electron chi connectivity index (χ2n) is 9.54. The second kappa shape index (κ2) is 12.5. The van der Waals surface area contributed by atoms with Crippen LogP contribution in [0.1, 0.15) is 22.3 Å². The Kier molecular flexibility index (Phi) is 9.07. The molecule has 0 saturated heterocycles. The van der Waals surface area contributed by atoms with E-state index in [2.05, 4.69) is 10.8 Å². The van der Waals surface area contributed by atoms with Gasteiger partial charge in [0.25, 0.3) is 0 Å². The molecule has 5 aromatic rings. The number of phenolic OH excluding ortho intramolecular Hbond substituents is 1. The third kappa shape index (κ3) is 6.79. The van der Waals surface area contributed by atoms with Crippen molar-refractivity contribution >= 4 is 23.3 Å². The van der Waals surface area contributed by atoms with Gasteiger partial charge in [-0.3, -0.25) is 0 Å². The number of fused-ring (bicyclic) bond motifs is 1. The highest BCUT2D eigenvalue weighted by Gasteiger charge is 2.30. The Labute approximate surface area is 237 Å². The van der Waals surface area contributed by atoms with E-state index in [1.165, 1.54) is 12.1 Å². The SMILES string of the molecule is Cl.NCCc1cn(Cc2ccc(-c3cccc(C(F)(F)F)c3)cc2)c2ccc(OCCc3ccc(O)cc3)cc12. The highest BCUT2D eigenvalue weighted by molar-refractivity contribution is 5.86. The molecule has 0 fully saturated rings. The van der Waals surface area contributed by atoms with Crippen molar-refractivity contribution in [2.24, 2.45) is 5.73 Å². The summed E-state index contributed by atoms with van der Waals surface area (Å²) in [6.45, 7) is 1.66. The molecule has 0 aliphatic heterocycles. The lowest BCUT2D eigenvalue weighted by Gasteiger charge is -2.10. The number of nitrogens with two attached hydrogens (primary N) is 1. The first kappa shape index (κ1) is 29.1. The Morgan fingerprint density at radius 2 is 1.52 bits per heavy atom. The number of aromatic nitrogens is 1. The fourth-order valence-electron chi connectivity index (χ4n) is 4.75. The van der Waals surface area contributed by atoms with Gasteiger partial charge in [-0.2, -0.15) is 13.2 Å². The average Bonchev–Trinajstić information content (AvgIpc) is 3.26. The van der Waals surface area contributed by atoms with Gasteiger partial charge in [-0.25, -0.2) is 0 Å². The molecule has 8 heteroatoms. The topological polar surface area (TPSA) is 60.4 Å². The van der Waals surface area contributed by atoms with Gasteiger partial charge in [0.2, 0.25) is 0 Å². The largest absolute Gasteiger partial charge is 0.508 e. The molecule has 4 nitrogen and oxygen atoms in total. The van der Waals surface area contributed by atoms with Crippen LogP contribution in [0, 0.1) is 0 Å². The first-order valence-corrected chi connectivity index (χ1v) is 12.8. The number of rotatable bonds is 9. The van der Waals surface area contributed by atoms with Gasteiger partial charge < -0.3 is 20.1 Å². The zero-order valence-corrected chi connectivity index (χ0v) is 22.5. The lowest BCUT2D eigenvalue weighted by atomic mass is 10.0. The molecule has 5 rings (SSSR count). The van der Waals surface area contributed by atoms with E-state index >= 15 is 0 Å². The van der Waals surface area contributed by atoms with Crippen molar-refractivity contribution in [1.29, 1.82) is 0 Å². The molecule has 0 aliphatic rings. The second-order valence-corrected chi connectivity index (χ2v) is 9.54. The summed E-state index contributed by atoms with van der Waals surface area (Å²) >= 11 is 0. The first-order chi connectivity index (χ1) is 18.8. The minimum absolute atomic E-state index is 0. The van der Waals surface area contributed by atoms with E-state index < -0.39 is 11.7 Å². The van der Waals surface area contributed by atoms with Crippen molar-refractivity contribution in [2.45, 2.75) is 25.6 Å². The van der Waals surface area contributed by atoms with Crippen molar-refractivity contribution in [1.82, 2.24) is 4.57 Å². The molecule has 0 saturated carbocycles. The molecule has 0 spiro atoms. The van der Waals surface area contributed by atoms with Crippen LogP contribution in [0.2, 0.25) is 0 Å². The molecule has 4 aromatic carbocycles. The van der Waals surface area contributed by atoms with E-state index in [9.17, 15) is 18.3 Å². The van der Waals surface area contributed by atoms with Gasteiger partial charge in [-0.1, -0.05) is 48.5 Å². The van der Waals surface area contributed by atoms with Crippen molar-refractivity contribution in [3.8, 4) is 22.6 Å². The van der Waals surface area contributed by atoms with Crippen LogP contribution in [0.15, 0.2) is 97.2 Å². The molecule has 3 N–H and O–H groups in total. The maximum absolute atomic E-state index is 13.1. The van der Waals surface area contributed by atoms with Crippen LogP contribution in [0.25, 0.3) is 22.0 Å². The fraction of sp³-hybridized carbons (Fsp3) is 0.188. The van der Waals surface area contributed by atoms with Crippen LogP contribution < -0.4 is 10.5 Å². The molecular formula is C32H30ClF3N2O2. The van der Waals surface area contributed by atoms with E-state index in [0.717, 1.165) is 57.8 Å². The summed E-state index contributed by atoms with van der Waals surface area (Å²) in [5, 5.41) is 10.5. The van der Waals surface area contributed by atoms with Crippen LogP contribution in [0.3, 0.4) is 0 Å². The number of hydrogen-bond donors (Lipinski definition) is 2. The summed E-state index contributed by atoms with van der Waals surface area (Å²) in [6, 6.07) is 26.1. The number of aromatic hydroxyl groups is 1. The summed E-state index contributed by atoms with van der Waals surface area (Å²) in [7, 11) is 0. The van der Waals surface area contributed by atoms with Gasteiger partial charge in [-0.05, 0) is 83.2 Å². The van der Waals surface area contributed by atoms with Crippen LogP contribution in [-0.4, -0.2) is 22.8 Å². The van der Waals surface area contributed by atoms with Crippen LogP contribution in [0.5, 0.6) is 11.5 Å². The van der Waals surface area contributed by atoms with Crippen molar-refractivity contribution in [3.63, 3.8) is 0 Å². The smallest absolute Gasteiger partial charge is 0.416 e. The standard InChI is InChI=1S/C32H29F3N2O2.ClH/c33-32(34,35)27-3-1-2-25(18-27)24-8-4-23(5-9-24)20-37-21-26(14-16-36)30-19-29(12-13-31(30)37)39-17-15-22-6-10-28(38)11-7-22;/h1-13,18-19,21,38H,14-17,20,36H2;1H. The number of nitrogens with zero attached hydrogens (tertiary/aromatic N) is 1. The number of phenols is 1. The molecular weight excluding hydrogens is 537 g/mol. The van der Waals surface area contributed by atoms with E-state index in [1.54, 1.807) is 18.2 Å². The van der Waals surface area contributed by atoms with E-state index in [4.69, 9.17) is 10.5 Å². The zero-order valence-electron chi connectivity index (χ0n) is 21.7. The number of hydrogen-bond acceptors (Lipinski definition) is 3. The lowest BCUT2D eigenvalue weighted by molar-refractivity contribution is -0.137. The van der Waals surface area contributed by atoms with E-state index in [1.807, 2.05) is 54.6 Å². The Morgan fingerprint density at radius 3 is 2.23 bits per heavy atom. The lowest BCUT2D eigenvalue weighted by Crippen LogP contribution is -2.04. The molecule has 0 amide bonds. The first-order valence-electron chi connectivity index (χ1n) is 12.8. The Balaban J connectivity index is 0.00000370. The minimum Gasteiger partial charge on any atom is -0.508 e. The Hall–Kier alpha value is -3.94. The van der Waals surface area contributed by atoms with Gasteiger partial charge in [0.15, 0.2) is 0 Å². The summed E-state index contributed by atoms with van der Waals surface area (Å²) < 4.78 is 47.5. The summed E-state index contributed by atoms with van der Waals surface area (Å²) in [6.07, 6.45) is -0.802. The monoisotopic (exact) mass is 566 g/mol. The average molecular weight is 567 g/mol. The molecule has 0 atom stereocenters. The molecule has 0 bridgehead atoms. The van der Waals surface area contributed by atoms with Gasteiger partial charge >= 0.3 is 6.18 Å². The van der Waals surface area contributed by atoms with Crippen molar-refractivity contribution in [3.05, 3.63) is 119 Å². The van der Waals surface area contributed by atoms with Crippen LogP contribution >= 0.6 is 12.4 Å². The van der Waals surface area contributed by atoms with Crippen LogP contribution in [-0.2, 0) is 25.6 Å². The van der Waals surface area contributed by atoms with Crippen molar-refractivity contribution in [2.75, 3.05) is 13.2 Å². The molecule has 1 heterocycles. The molecule has 0 aliphatic carbocycles. The van der Waals surface area contributed by atoms with E-state index in [-0.39, 0.29) is 18.2 Å². The van der Waals surface area contributed by atoms with Gasteiger partial charge in [-0.15, -0.1) is 12.4 Å². The quantitative estimate of drug-likeness (QED) is 0.193. The maximum atomic E-state index is 13.1. The number of benzene rings is 4. The molecule has 40 heavy (non-hydrogen) atoms. The molecule has 0 radical (unpaired) electrons. The zero-order chi connectivity index (χ0) is 27.4. The van der Waals surface area contributed by atoms with Gasteiger partial charge in [0, 0.05) is 30.1 Å². The van der Waals surface area contributed by atoms with Gasteiger partial charge in [0.05, 0.1) is 12.2 Å². The highest BCUT2D eigenvalue weighted by atomic mass is 35.5. The minimum atomic E-state index is -4.37.